The van der Waals surface area contributed by atoms with Crippen molar-refractivity contribution in [1.82, 2.24) is 0 Å². The fourth-order valence-electron chi connectivity index (χ4n) is 0.846. The fraction of sp³-hybridized carbons (Fsp3) is 0.700. The molecule has 0 radical (unpaired) electrons. The number of aliphatic carboxylic acids is 3. The number of hydrogen-bond acceptors (Lipinski definition) is 10. The molecule has 0 saturated carbocycles. The summed E-state index contributed by atoms with van der Waals surface area (Å²) < 4.78 is 0. The Morgan fingerprint density at radius 2 is 1.32 bits per heavy atom. The minimum Gasteiger partial charge on any atom is -0.550 e. The molecule has 0 bridgehead atoms. The minimum atomic E-state index is -2.91. The van der Waals surface area contributed by atoms with E-state index in [-0.39, 0.29) is 37.7 Å². The molecule has 7 N–H and O–H groups in total. The number of carboxylic acid groups (broad SMARTS) is 3. The van der Waals surface area contributed by atoms with Crippen molar-refractivity contribution in [2.45, 2.75) is 24.0 Å². The number of carbonyl (C=O) groups excluding carboxylic acids is 2. The Morgan fingerprint density at radius 1 is 0.955 bits per heavy atom. The molecular formula is C10H17CaNO10. The van der Waals surface area contributed by atoms with Gasteiger partial charge in [-0.3, -0.25) is 4.79 Å². The first-order valence-corrected chi connectivity index (χ1v) is 5.43. The Morgan fingerprint density at radius 3 is 1.45 bits per heavy atom. The average Bonchev–Trinajstić information content (AvgIpc) is 2.36. The molecule has 124 valence electrons. The van der Waals surface area contributed by atoms with Crippen LogP contribution in [0.25, 0.3) is 0 Å². The van der Waals surface area contributed by atoms with Gasteiger partial charge in [0.2, 0.25) is 0 Å². The van der Waals surface area contributed by atoms with Crippen molar-refractivity contribution in [2.24, 2.45) is 5.73 Å². The van der Waals surface area contributed by atoms with Crippen LogP contribution in [0.5, 0.6) is 0 Å². The third kappa shape index (κ3) is 11.1. The minimum absolute atomic E-state index is 0. The SMILES string of the molecule is NC(CO)(CO)CO.O=C([O-])CC(O)(CC(=O)O)C(=O)[O-].[Ca+2]. The first-order chi connectivity index (χ1) is 9.46. The zero-order chi connectivity index (χ0) is 17.3. The summed E-state index contributed by atoms with van der Waals surface area (Å²) in [5, 5.41) is 62.3. The number of aliphatic hydroxyl groups is 4. The van der Waals surface area contributed by atoms with Gasteiger partial charge < -0.3 is 51.1 Å². The molecule has 0 aromatic heterocycles. The number of carboxylic acids is 3. The monoisotopic (exact) mass is 351 g/mol. The van der Waals surface area contributed by atoms with E-state index in [9.17, 15) is 24.6 Å². The molecule has 0 amide bonds. The summed E-state index contributed by atoms with van der Waals surface area (Å²) in [6.45, 7) is -1.21. The molecule has 0 spiro atoms. The Kier molecular flexibility index (Phi) is 14.3. The van der Waals surface area contributed by atoms with Crippen molar-refractivity contribution in [3.05, 3.63) is 0 Å². The molecule has 0 heterocycles. The normalized spacial score (nSPS) is 13.0. The summed E-state index contributed by atoms with van der Waals surface area (Å²) in [6.07, 6.45) is -2.56. The summed E-state index contributed by atoms with van der Waals surface area (Å²) in [5.74, 6) is -5.67. The molecule has 0 rings (SSSR count). The van der Waals surface area contributed by atoms with Crippen LogP contribution in [0.4, 0.5) is 0 Å². The Bertz CT molecular complexity index is 346. The van der Waals surface area contributed by atoms with Gasteiger partial charge in [0.25, 0.3) is 0 Å². The van der Waals surface area contributed by atoms with E-state index in [2.05, 4.69) is 0 Å². The second-order valence-corrected chi connectivity index (χ2v) is 4.28. The average molecular weight is 351 g/mol. The van der Waals surface area contributed by atoms with Gasteiger partial charge in [-0.1, -0.05) is 0 Å². The molecule has 0 aromatic carbocycles. The van der Waals surface area contributed by atoms with Gasteiger partial charge in [-0.25, -0.2) is 0 Å². The Labute approximate surface area is 155 Å². The molecule has 11 nitrogen and oxygen atoms in total. The molecular weight excluding hydrogens is 334 g/mol. The van der Waals surface area contributed by atoms with Gasteiger partial charge in [0.1, 0.15) is 5.60 Å². The van der Waals surface area contributed by atoms with Crippen LogP contribution >= 0.6 is 0 Å². The Hall–Kier alpha value is -0.530. The van der Waals surface area contributed by atoms with Crippen LogP contribution in [0.3, 0.4) is 0 Å². The van der Waals surface area contributed by atoms with Crippen molar-refractivity contribution in [1.29, 1.82) is 0 Å². The standard InChI is InChI=1S/C6H8O7.C4H11NO3.Ca/c7-3(8)1-6(13,5(11)12)2-4(9)10;5-4(1-6,2-7)3-8;/h13H,1-2H2,(H,7,8)(H,9,10)(H,11,12);6-8H,1-3,5H2;/q;;+2/p-2. The van der Waals surface area contributed by atoms with E-state index in [0.29, 0.717) is 0 Å². The van der Waals surface area contributed by atoms with Gasteiger partial charge in [-0.2, -0.15) is 0 Å². The van der Waals surface area contributed by atoms with Crippen LogP contribution in [-0.2, 0) is 14.4 Å². The van der Waals surface area contributed by atoms with Crippen molar-refractivity contribution >= 4 is 55.6 Å². The van der Waals surface area contributed by atoms with Gasteiger partial charge in [0.05, 0.1) is 37.7 Å². The van der Waals surface area contributed by atoms with Crippen molar-refractivity contribution in [3.8, 4) is 0 Å². The molecule has 0 fully saturated rings. The van der Waals surface area contributed by atoms with E-state index in [0.717, 1.165) is 0 Å². The largest absolute Gasteiger partial charge is 2.00 e. The van der Waals surface area contributed by atoms with Crippen LogP contribution in [-0.4, -0.2) is 112 Å². The summed E-state index contributed by atoms with van der Waals surface area (Å²) >= 11 is 0. The third-order valence-electron chi connectivity index (χ3n) is 2.21. The maximum atomic E-state index is 10.2. The third-order valence-corrected chi connectivity index (χ3v) is 2.21. The van der Waals surface area contributed by atoms with E-state index in [4.69, 9.17) is 31.3 Å². The van der Waals surface area contributed by atoms with Gasteiger partial charge in [0.15, 0.2) is 0 Å². The maximum Gasteiger partial charge on any atom is 2.00 e. The Balaban J connectivity index is -0.000000348. The number of carbonyl (C=O) groups is 3. The van der Waals surface area contributed by atoms with Gasteiger partial charge in [-0.05, 0) is 0 Å². The molecule has 0 saturated heterocycles. The molecule has 0 aliphatic heterocycles. The van der Waals surface area contributed by atoms with E-state index >= 15 is 0 Å². The van der Waals surface area contributed by atoms with Gasteiger partial charge in [0, 0.05) is 12.4 Å². The predicted molar refractivity (Wildman–Crippen MR) is 65.8 cm³/mol. The summed E-state index contributed by atoms with van der Waals surface area (Å²) in [7, 11) is 0. The zero-order valence-electron chi connectivity index (χ0n) is 11.6. The smallest absolute Gasteiger partial charge is 0.550 e. The van der Waals surface area contributed by atoms with Crippen molar-refractivity contribution in [2.75, 3.05) is 19.8 Å². The fourth-order valence-corrected chi connectivity index (χ4v) is 0.846. The second kappa shape index (κ2) is 12.0. The molecule has 0 aliphatic rings. The van der Waals surface area contributed by atoms with E-state index in [1.54, 1.807) is 0 Å². The quantitative estimate of drug-likeness (QED) is 0.225. The molecule has 1 atom stereocenters. The van der Waals surface area contributed by atoms with Crippen LogP contribution < -0.4 is 15.9 Å². The van der Waals surface area contributed by atoms with Gasteiger partial charge in [-0.15, -0.1) is 0 Å². The van der Waals surface area contributed by atoms with E-state index < -0.39 is 61.7 Å². The molecule has 0 aromatic rings. The first kappa shape index (κ1) is 26.4. The summed E-state index contributed by atoms with van der Waals surface area (Å²) in [4.78, 5) is 30.2. The van der Waals surface area contributed by atoms with Crippen LogP contribution in [0, 0.1) is 0 Å². The van der Waals surface area contributed by atoms with Gasteiger partial charge >= 0.3 is 43.7 Å². The number of nitrogens with two attached hydrogens (primary N) is 1. The van der Waals surface area contributed by atoms with Crippen LogP contribution in [0.15, 0.2) is 0 Å². The number of aliphatic hydroxyl groups excluding tert-OH is 3. The van der Waals surface area contributed by atoms with Crippen molar-refractivity contribution in [3.63, 3.8) is 0 Å². The first-order valence-electron chi connectivity index (χ1n) is 5.43. The second-order valence-electron chi connectivity index (χ2n) is 4.28. The van der Waals surface area contributed by atoms with E-state index in [1.165, 1.54) is 0 Å². The molecule has 1 unspecified atom stereocenters. The molecule has 0 aliphatic carbocycles. The van der Waals surface area contributed by atoms with Crippen LogP contribution in [0.1, 0.15) is 12.8 Å². The number of rotatable bonds is 8. The zero-order valence-corrected chi connectivity index (χ0v) is 13.8. The van der Waals surface area contributed by atoms with Crippen molar-refractivity contribution < 1.29 is 50.1 Å². The van der Waals surface area contributed by atoms with E-state index in [1.807, 2.05) is 0 Å². The predicted octanol–water partition coefficient (Wildman–Crippen LogP) is -6.64. The summed E-state index contributed by atoms with van der Waals surface area (Å²) in [6, 6.07) is 0. The molecule has 12 heteroatoms. The maximum absolute atomic E-state index is 10.2. The topological polar surface area (TPSA) is 224 Å². The van der Waals surface area contributed by atoms with Crippen LogP contribution in [0.2, 0.25) is 0 Å². The molecule has 22 heavy (non-hydrogen) atoms. The summed E-state index contributed by atoms with van der Waals surface area (Å²) in [5.41, 5.74) is 1.03. The number of hydrogen-bond donors (Lipinski definition) is 6.